The van der Waals surface area contributed by atoms with Crippen molar-refractivity contribution in [3.8, 4) is 34.3 Å². The topological polar surface area (TPSA) is 161 Å². The maximum Gasteiger partial charge on any atom is 0.345 e. The zero-order valence-corrected chi connectivity index (χ0v) is 23.5. The summed E-state index contributed by atoms with van der Waals surface area (Å²) in [6, 6.07) is 28.1. The van der Waals surface area contributed by atoms with E-state index in [-0.39, 0.29) is 17.7 Å². The maximum absolute atomic E-state index is 13.5. The van der Waals surface area contributed by atoms with Crippen LogP contribution in [0.4, 0.5) is 0 Å². The fourth-order valence-electron chi connectivity index (χ4n) is 4.89. The minimum absolute atomic E-state index is 0.139. The summed E-state index contributed by atoms with van der Waals surface area (Å²) in [5, 5.41) is 31.7. The van der Waals surface area contributed by atoms with Gasteiger partial charge in [-0.15, -0.1) is 10.2 Å². The summed E-state index contributed by atoms with van der Waals surface area (Å²) < 4.78 is 13.4. The molecule has 4 aromatic carbocycles. The van der Waals surface area contributed by atoms with Gasteiger partial charge in [-0.1, -0.05) is 66.7 Å². The van der Waals surface area contributed by atoms with Gasteiger partial charge < -0.3 is 9.47 Å². The standard InChI is InChI=1S/C31H27N7O6/c1-2-42-31-32-27-12-6-11-26(30(39)44-23-8-5-7-21(17-23)19-43-38(40)41)28(27)37(31)18-20-13-15-22(16-14-20)24-9-3-4-10-25(24)29-33-35-36-34-29/h3-17,40-41H,2,18-19H2,1H3,(H,33,34,35,36). The summed E-state index contributed by atoms with van der Waals surface area (Å²) in [5.74, 6) is 0.193. The number of carbonyl (C=O) groups is 1. The minimum Gasteiger partial charge on any atom is -0.465 e. The van der Waals surface area contributed by atoms with Gasteiger partial charge in [0.25, 0.3) is 6.01 Å². The summed E-state index contributed by atoms with van der Waals surface area (Å²) in [6.07, 6.45) is 0. The number of ether oxygens (including phenoxy) is 2. The Labute approximate surface area is 250 Å². The summed E-state index contributed by atoms with van der Waals surface area (Å²) in [5.41, 5.74) is 5.80. The Morgan fingerprint density at radius 1 is 0.932 bits per heavy atom. The molecule has 0 fully saturated rings. The Morgan fingerprint density at radius 3 is 2.48 bits per heavy atom. The normalized spacial score (nSPS) is 11.3. The minimum atomic E-state index is -0.586. The third kappa shape index (κ3) is 6.16. The zero-order valence-electron chi connectivity index (χ0n) is 23.5. The van der Waals surface area contributed by atoms with E-state index in [0.29, 0.717) is 47.1 Å². The van der Waals surface area contributed by atoms with Gasteiger partial charge in [0.2, 0.25) is 5.82 Å². The molecule has 2 heterocycles. The molecular formula is C31H27N7O6. The van der Waals surface area contributed by atoms with Crippen molar-refractivity contribution < 1.29 is 29.5 Å². The summed E-state index contributed by atoms with van der Waals surface area (Å²) in [7, 11) is 0. The lowest BCUT2D eigenvalue weighted by atomic mass is 9.98. The van der Waals surface area contributed by atoms with Crippen molar-refractivity contribution in [1.82, 2.24) is 35.6 Å². The number of aromatic amines is 1. The van der Waals surface area contributed by atoms with Crippen molar-refractivity contribution in [2.24, 2.45) is 0 Å². The van der Waals surface area contributed by atoms with Gasteiger partial charge in [-0.3, -0.25) is 15.0 Å². The second-order valence-corrected chi connectivity index (χ2v) is 9.63. The molecule has 6 aromatic rings. The lowest BCUT2D eigenvalue weighted by Gasteiger charge is -2.13. The number of hydrogen-bond donors (Lipinski definition) is 3. The Balaban J connectivity index is 1.30. The van der Waals surface area contributed by atoms with Crippen molar-refractivity contribution in [1.29, 1.82) is 0 Å². The number of H-pyrrole nitrogens is 1. The average Bonchev–Trinajstić information content (AvgIpc) is 3.70. The van der Waals surface area contributed by atoms with Crippen LogP contribution in [-0.4, -0.2) is 58.6 Å². The van der Waals surface area contributed by atoms with Gasteiger partial charge in [-0.05, 0) is 58.7 Å². The first-order valence-electron chi connectivity index (χ1n) is 13.7. The molecule has 13 nitrogen and oxygen atoms in total. The number of hydrogen-bond acceptors (Lipinski definition) is 11. The largest absolute Gasteiger partial charge is 0.465 e. The summed E-state index contributed by atoms with van der Waals surface area (Å²) in [6.45, 7) is 2.51. The Morgan fingerprint density at radius 2 is 1.73 bits per heavy atom. The van der Waals surface area contributed by atoms with E-state index < -0.39 is 5.97 Å². The molecule has 0 aliphatic carbocycles. The smallest absolute Gasteiger partial charge is 0.345 e. The van der Waals surface area contributed by atoms with Gasteiger partial charge in [0.15, 0.2) is 0 Å². The number of aromatic nitrogens is 6. The number of benzene rings is 4. The average molecular weight is 594 g/mol. The molecule has 0 radical (unpaired) electrons. The van der Waals surface area contributed by atoms with Crippen molar-refractivity contribution in [3.63, 3.8) is 0 Å². The molecule has 0 spiro atoms. The van der Waals surface area contributed by atoms with Gasteiger partial charge >= 0.3 is 5.97 Å². The quantitative estimate of drug-likeness (QED) is 0.105. The highest BCUT2D eigenvalue weighted by atomic mass is 17.1. The van der Waals surface area contributed by atoms with Crippen molar-refractivity contribution in [2.45, 2.75) is 20.1 Å². The van der Waals surface area contributed by atoms with Crippen molar-refractivity contribution in [2.75, 3.05) is 6.61 Å². The zero-order chi connectivity index (χ0) is 30.5. The van der Waals surface area contributed by atoms with Gasteiger partial charge in [-0.25, -0.2) is 9.63 Å². The van der Waals surface area contributed by atoms with Crippen LogP contribution >= 0.6 is 0 Å². The number of para-hydroxylation sites is 1. The van der Waals surface area contributed by atoms with E-state index in [1.165, 1.54) is 0 Å². The predicted octanol–water partition coefficient (Wildman–Crippen LogP) is 5.06. The van der Waals surface area contributed by atoms with Crippen LogP contribution in [0.2, 0.25) is 0 Å². The van der Waals surface area contributed by atoms with Crippen LogP contribution in [0.15, 0.2) is 91.0 Å². The van der Waals surface area contributed by atoms with Gasteiger partial charge in [0.1, 0.15) is 5.75 Å². The highest BCUT2D eigenvalue weighted by molar-refractivity contribution is 6.03. The van der Waals surface area contributed by atoms with E-state index in [9.17, 15) is 4.79 Å². The number of carbonyl (C=O) groups excluding carboxylic acids is 1. The molecule has 0 aliphatic rings. The SMILES string of the molecule is CCOc1nc2cccc(C(=O)Oc3cccc(CON(O)O)c3)c2n1Cc1ccc(-c2ccccc2-c2nn[nH]n2)cc1. The number of nitrogens with zero attached hydrogens (tertiary/aromatic N) is 6. The fraction of sp³-hybridized carbons (Fsp3) is 0.129. The molecule has 0 saturated heterocycles. The molecule has 0 atom stereocenters. The maximum atomic E-state index is 13.5. The highest BCUT2D eigenvalue weighted by Crippen LogP contribution is 2.31. The number of tetrazole rings is 1. The lowest BCUT2D eigenvalue weighted by Crippen LogP contribution is -2.14. The van der Waals surface area contributed by atoms with Crippen LogP contribution in [0.5, 0.6) is 11.8 Å². The van der Waals surface area contributed by atoms with Crippen LogP contribution in [0.25, 0.3) is 33.5 Å². The Hall–Kier alpha value is -5.47. The van der Waals surface area contributed by atoms with Gasteiger partial charge in [0.05, 0.1) is 41.7 Å². The van der Waals surface area contributed by atoms with E-state index in [0.717, 1.165) is 22.3 Å². The molecule has 0 unspecified atom stereocenters. The molecule has 2 aromatic heterocycles. The summed E-state index contributed by atoms with van der Waals surface area (Å²) >= 11 is 0. The molecule has 44 heavy (non-hydrogen) atoms. The molecule has 0 aliphatic heterocycles. The Bertz CT molecular complexity index is 1890. The van der Waals surface area contributed by atoms with Crippen LogP contribution < -0.4 is 9.47 Å². The highest BCUT2D eigenvalue weighted by Gasteiger charge is 2.21. The number of imidazole rings is 1. The molecule has 0 amide bonds. The summed E-state index contributed by atoms with van der Waals surface area (Å²) in [4.78, 5) is 22.8. The molecule has 13 heteroatoms. The number of esters is 1. The van der Waals surface area contributed by atoms with Crippen LogP contribution in [0.3, 0.4) is 0 Å². The molecule has 6 rings (SSSR count). The van der Waals surface area contributed by atoms with E-state index in [1.807, 2.05) is 66.1 Å². The second-order valence-electron chi connectivity index (χ2n) is 9.63. The Kier molecular flexibility index (Phi) is 8.34. The first-order valence-corrected chi connectivity index (χ1v) is 13.7. The molecular weight excluding hydrogens is 566 g/mol. The van der Waals surface area contributed by atoms with Gasteiger partial charge in [0, 0.05) is 5.56 Å². The number of fused-ring (bicyclic) bond motifs is 1. The molecule has 3 N–H and O–H groups in total. The predicted molar refractivity (Wildman–Crippen MR) is 157 cm³/mol. The fourth-order valence-corrected chi connectivity index (χ4v) is 4.89. The number of nitrogens with one attached hydrogen (secondary N) is 1. The molecule has 222 valence electrons. The second kappa shape index (κ2) is 12.8. The van der Waals surface area contributed by atoms with E-state index in [4.69, 9.17) is 19.9 Å². The molecule has 0 bridgehead atoms. The monoisotopic (exact) mass is 593 g/mol. The first-order chi connectivity index (χ1) is 21.5. The van der Waals surface area contributed by atoms with Crippen molar-refractivity contribution >= 4 is 17.0 Å². The van der Waals surface area contributed by atoms with E-state index in [2.05, 4.69) is 30.4 Å². The van der Waals surface area contributed by atoms with Crippen molar-refractivity contribution in [3.05, 3.63) is 108 Å². The van der Waals surface area contributed by atoms with Crippen LogP contribution in [-0.2, 0) is 18.0 Å². The third-order valence-corrected chi connectivity index (χ3v) is 6.80. The van der Waals surface area contributed by atoms with Crippen LogP contribution in [0.1, 0.15) is 28.4 Å². The van der Waals surface area contributed by atoms with Gasteiger partial charge in [-0.2, -0.15) is 10.2 Å². The first kappa shape index (κ1) is 28.6. The number of rotatable bonds is 11. The van der Waals surface area contributed by atoms with Crippen LogP contribution in [0, 0.1) is 0 Å². The van der Waals surface area contributed by atoms with E-state index in [1.54, 1.807) is 36.4 Å². The van der Waals surface area contributed by atoms with E-state index >= 15 is 0 Å². The lowest BCUT2D eigenvalue weighted by molar-refractivity contribution is -0.497. The molecule has 0 saturated carbocycles. The third-order valence-electron chi connectivity index (χ3n) is 6.80.